The summed E-state index contributed by atoms with van der Waals surface area (Å²) in [5.74, 6) is 1.05. The van der Waals surface area contributed by atoms with Gasteiger partial charge in [-0.2, -0.15) is 0 Å². The minimum absolute atomic E-state index is 0.0509. The Morgan fingerprint density at radius 1 is 1.38 bits per heavy atom. The van der Waals surface area contributed by atoms with Gasteiger partial charge in [0.05, 0.1) is 4.47 Å². The molecule has 16 heavy (non-hydrogen) atoms. The second-order valence-electron chi connectivity index (χ2n) is 5.89. The summed E-state index contributed by atoms with van der Waals surface area (Å²) >= 11 is 8.86. The van der Waals surface area contributed by atoms with E-state index in [2.05, 4.69) is 53.6 Å². The highest BCUT2D eigenvalue weighted by Gasteiger charge is 2.42. The lowest BCUT2D eigenvalue weighted by molar-refractivity contribution is 0.549. The molecular weight excluding hydrogens is 284 g/mol. The molecule has 0 unspecified atom stereocenters. The van der Waals surface area contributed by atoms with Crippen LogP contribution in [0.2, 0.25) is 0 Å². The molecule has 4 heteroatoms. The Bertz CT molecular complexity index is 481. The molecule has 1 aliphatic carbocycles. The lowest BCUT2D eigenvalue weighted by atomic mass is 9.91. The Kier molecular flexibility index (Phi) is 2.78. The molecule has 1 aromatic rings. The zero-order valence-corrected chi connectivity index (χ0v) is 12.6. The number of aromatic nitrogens is 2. The molecule has 1 aromatic heterocycles. The predicted molar refractivity (Wildman–Crippen MR) is 72.4 cm³/mol. The Balaban J connectivity index is 2.61. The predicted octanol–water partition coefficient (Wildman–Crippen LogP) is 4.25. The molecule has 0 bridgehead atoms. The molecule has 1 fully saturated rings. The zero-order chi connectivity index (χ0) is 12.1. The Morgan fingerprint density at radius 3 is 2.38 bits per heavy atom. The van der Waals surface area contributed by atoms with E-state index < -0.39 is 0 Å². The van der Waals surface area contributed by atoms with Gasteiger partial charge in [0.2, 0.25) is 0 Å². The number of aromatic amines is 1. The topological polar surface area (TPSA) is 28.7 Å². The third-order valence-corrected chi connectivity index (χ3v) is 4.52. The van der Waals surface area contributed by atoms with Gasteiger partial charge in [-0.25, -0.2) is 4.98 Å². The van der Waals surface area contributed by atoms with Crippen LogP contribution in [0.15, 0.2) is 4.47 Å². The summed E-state index contributed by atoms with van der Waals surface area (Å²) in [5, 5.41) is 0. The molecule has 0 aromatic carbocycles. The molecule has 2 rings (SSSR count). The van der Waals surface area contributed by atoms with Crippen molar-refractivity contribution < 1.29 is 0 Å². The summed E-state index contributed by atoms with van der Waals surface area (Å²) in [7, 11) is 0. The molecular formula is C12H17BrN2S. The van der Waals surface area contributed by atoms with Gasteiger partial charge < -0.3 is 4.98 Å². The average molecular weight is 301 g/mol. The molecule has 0 spiro atoms. The van der Waals surface area contributed by atoms with Gasteiger partial charge in [-0.15, -0.1) is 0 Å². The average Bonchev–Trinajstić information content (AvgIpc) is 2.87. The first-order valence-electron chi connectivity index (χ1n) is 5.55. The molecule has 0 amide bonds. The Hall–Kier alpha value is -0.220. The van der Waals surface area contributed by atoms with Crippen LogP contribution in [-0.4, -0.2) is 9.97 Å². The summed E-state index contributed by atoms with van der Waals surface area (Å²) in [6.45, 7) is 8.77. The molecule has 88 valence electrons. The van der Waals surface area contributed by atoms with Crippen molar-refractivity contribution in [3.63, 3.8) is 0 Å². The SMILES string of the molecule is CC(C)(C)c1[nH]c(C2(C)CC2)nc(=S)c1Br. The van der Waals surface area contributed by atoms with Crippen LogP contribution in [0.4, 0.5) is 0 Å². The van der Waals surface area contributed by atoms with Crippen LogP contribution in [0.1, 0.15) is 52.1 Å². The highest BCUT2D eigenvalue weighted by atomic mass is 79.9. The van der Waals surface area contributed by atoms with E-state index >= 15 is 0 Å². The number of hydrogen-bond donors (Lipinski definition) is 1. The fourth-order valence-corrected chi connectivity index (χ4v) is 2.66. The van der Waals surface area contributed by atoms with E-state index in [1.165, 1.54) is 12.8 Å². The summed E-state index contributed by atoms with van der Waals surface area (Å²) in [4.78, 5) is 7.96. The highest BCUT2D eigenvalue weighted by molar-refractivity contribution is 9.10. The van der Waals surface area contributed by atoms with Crippen molar-refractivity contribution >= 4 is 28.1 Å². The maximum absolute atomic E-state index is 5.32. The van der Waals surface area contributed by atoms with Gasteiger partial charge >= 0.3 is 0 Å². The van der Waals surface area contributed by atoms with E-state index in [1.54, 1.807) is 0 Å². The lowest BCUT2D eigenvalue weighted by Gasteiger charge is -2.22. The number of hydrogen-bond acceptors (Lipinski definition) is 2. The number of rotatable bonds is 1. The molecule has 0 radical (unpaired) electrons. The van der Waals surface area contributed by atoms with Crippen LogP contribution in [0.25, 0.3) is 0 Å². The highest BCUT2D eigenvalue weighted by Crippen LogP contribution is 2.46. The fraction of sp³-hybridized carbons (Fsp3) is 0.667. The zero-order valence-electron chi connectivity index (χ0n) is 10.1. The molecule has 1 heterocycles. The Morgan fingerprint density at radius 2 is 1.94 bits per heavy atom. The minimum Gasteiger partial charge on any atom is -0.345 e. The smallest absolute Gasteiger partial charge is 0.144 e. The first-order chi connectivity index (χ1) is 7.24. The van der Waals surface area contributed by atoms with E-state index in [9.17, 15) is 0 Å². The summed E-state index contributed by atoms with van der Waals surface area (Å²) in [6, 6.07) is 0. The standard InChI is InChI=1S/C12H17BrN2S/c1-11(2,3)8-7(13)9(16)15-10(14-8)12(4)5-6-12/h5-6H2,1-4H3,(H,14,15,16). The molecule has 0 aliphatic heterocycles. The molecule has 0 saturated heterocycles. The molecule has 1 N–H and O–H groups in total. The number of nitrogens with zero attached hydrogens (tertiary/aromatic N) is 1. The van der Waals surface area contributed by atoms with Crippen molar-refractivity contribution in [2.24, 2.45) is 0 Å². The molecule has 1 saturated carbocycles. The first kappa shape index (κ1) is 12.2. The lowest BCUT2D eigenvalue weighted by Crippen LogP contribution is -2.19. The van der Waals surface area contributed by atoms with Gasteiger partial charge in [0, 0.05) is 16.5 Å². The first-order valence-corrected chi connectivity index (χ1v) is 6.75. The van der Waals surface area contributed by atoms with Crippen molar-refractivity contribution in [3.05, 3.63) is 20.6 Å². The second-order valence-corrected chi connectivity index (χ2v) is 7.07. The van der Waals surface area contributed by atoms with Crippen LogP contribution < -0.4 is 0 Å². The van der Waals surface area contributed by atoms with Gasteiger partial charge in [0.1, 0.15) is 10.5 Å². The van der Waals surface area contributed by atoms with E-state index in [-0.39, 0.29) is 10.8 Å². The van der Waals surface area contributed by atoms with Crippen LogP contribution in [0.5, 0.6) is 0 Å². The Labute approximate surface area is 110 Å². The van der Waals surface area contributed by atoms with Crippen molar-refractivity contribution in [1.29, 1.82) is 0 Å². The van der Waals surface area contributed by atoms with Gasteiger partial charge in [-0.05, 0) is 28.8 Å². The quantitative estimate of drug-likeness (QED) is 0.786. The van der Waals surface area contributed by atoms with Crippen LogP contribution in [0, 0.1) is 4.64 Å². The molecule has 0 atom stereocenters. The maximum Gasteiger partial charge on any atom is 0.144 e. The summed E-state index contributed by atoms with van der Waals surface area (Å²) in [5.41, 5.74) is 1.43. The number of H-pyrrole nitrogens is 1. The molecule has 2 nitrogen and oxygen atoms in total. The normalized spacial score (nSPS) is 18.6. The molecule has 1 aliphatic rings. The summed E-state index contributed by atoms with van der Waals surface area (Å²) in [6.07, 6.45) is 2.41. The van der Waals surface area contributed by atoms with Crippen molar-refractivity contribution in [2.45, 2.75) is 51.4 Å². The van der Waals surface area contributed by atoms with E-state index in [0.29, 0.717) is 4.64 Å². The van der Waals surface area contributed by atoms with Gasteiger partial charge in [0.25, 0.3) is 0 Å². The maximum atomic E-state index is 5.32. The van der Waals surface area contributed by atoms with Crippen molar-refractivity contribution in [1.82, 2.24) is 9.97 Å². The van der Waals surface area contributed by atoms with Crippen molar-refractivity contribution in [2.75, 3.05) is 0 Å². The van der Waals surface area contributed by atoms with Crippen LogP contribution in [-0.2, 0) is 10.8 Å². The van der Waals surface area contributed by atoms with E-state index in [0.717, 1.165) is 16.0 Å². The summed E-state index contributed by atoms with van der Waals surface area (Å²) < 4.78 is 1.61. The largest absolute Gasteiger partial charge is 0.345 e. The van der Waals surface area contributed by atoms with Crippen molar-refractivity contribution in [3.8, 4) is 0 Å². The van der Waals surface area contributed by atoms with Crippen LogP contribution in [0.3, 0.4) is 0 Å². The van der Waals surface area contributed by atoms with E-state index in [1.807, 2.05) is 0 Å². The number of halogens is 1. The van der Waals surface area contributed by atoms with E-state index in [4.69, 9.17) is 12.2 Å². The van der Waals surface area contributed by atoms with Gasteiger partial charge in [-0.1, -0.05) is 39.9 Å². The fourth-order valence-electron chi connectivity index (χ4n) is 1.69. The second kappa shape index (κ2) is 3.64. The monoisotopic (exact) mass is 300 g/mol. The third-order valence-electron chi connectivity index (χ3n) is 3.19. The van der Waals surface area contributed by atoms with Gasteiger partial charge in [-0.3, -0.25) is 0 Å². The van der Waals surface area contributed by atoms with Crippen LogP contribution >= 0.6 is 28.1 Å². The number of nitrogens with one attached hydrogen (secondary N) is 1. The minimum atomic E-state index is 0.0509. The third kappa shape index (κ3) is 2.09. The van der Waals surface area contributed by atoms with Gasteiger partial charge in [0.15, 0.2) is 0 Å².